The van der Waals surface area contributed by atoms with Gasteiger partial charge in [-0.15, -0.1) is 0 Å². The van der Waals surface area contributed by atoms with Gasteiger partial charge in [0.2, 0.25) is 10.0 Å². The van der Waals surface area contributed by atoms with Gasteiger partial charge in [0, 0.05) is 13.6 Å². The molecule has 0 N–H and O–H groups in total. The molecule has 24 heavy (non-hydrogen) atoms. The second kappa shape index (κ2) is 6.82. The third kappa shape index (κ3) is 4.07. The Labute approximate surface area is 138 Å². The Morgan fingerprint density at radius 1 is 1.00 bits per heavy atom. The van der Waals surface area contributed by atoms with Crippen LogP contribution in [-0.4, -0.2) is 26.9 Å². The molecule has 8 heteroatoms. The van der Waals surface area contributed by atoms with Gasteiger partial charge in [0.1, 0.15) is 5.75 Å². The van der Waals surface area contributed by atoms with Crippen LogP contribution in [0.2, 0.25) is 0 Å². The van der Waals surface area contributed by atoms with Crippen molar-refractivity contribution < 1.29 is 26.3 Å². The Morgan fingerprint density at radius 3 is 2.00 bits per heavy atom. The summed E-state index contributed by atoms with van der Waals surface area (Å²) in [4.78, 5) is -0.188. The zero-order valence-corrected chi connectivity index (χ0v) is 13.9. The van der Waals surface area contributed by atoms with Crippen LogP contribution in [0.15, 0.2) is 53.4 Å². The molecule has 0 unspecified atom stereocenters. The smallest absolute Gasteiger partial charge is 0.416 e. The van der Waals surface area contributed by atoms with Crippen molar-refractivity contribution in [3.05, 3.63) is 59.7 Å². The molecule has 2 aromatic carbocycles. The van der Waals surface area contributed by atoms with Crippen molar-refractivity contribution in [3.63, 3.8) is 0 Å². The van der Waals surface area contributed by atoms with Crippen molar-refractivity contribution in [2.45, 2.75) is 17.6 Å². The fraction of sp³-hybridized carbons (Fsp3) is 0.250. The molecule has 0 aliphatic carbocycles. The third-order valence-corrected chi connectivity index (χ3v) is 5.27. The van der Waals surface area contributed by atoms with E-state index in [9.17, 15) is 21.6 Å². The molecule has 0 amide bonds. The zero-order valence-electron chi connectivity index (χ0n) is 13.0. The summed E-state index contributed by atoms with van der Waals surface area (Å²) in [5, 5.41) is 0. The molecular formula is C16H16F3NO3S. The number of nitrogens with zero attached hydrogens (tertiary/aromatic N) is 1. The minimum Gasteiger partial charge on any atom is -0.497 e. The Bertz CT molecular complexity index is 785. The van der Waals surface area contributed by atoms with Gasteiger partial charge >= 0.3 is 6.18 Å². The van der Waals surface area contributed by atoms with Crippen LogP contribution in [-0.2, 0) is 22.7 Å². The summed E-state index contributed by atoms with van der Waals surface area (Å²) in [6.07, 6.45) is -4.50. The van der Waals surface area contributed by atoms with Crippen LogP contribution in [0.25, 0.3) is 0 Å². The first-order chi connectivity index (χ1) is 11.1. The van der Waals surface area contributed by atoms with Crippen molar-refractivity contribution in [1.29, 1.82) is 0 Å². The van der Waals surface area contributed by atoms with Crippen molar-refractivity contribution in [1.82, 2.24) is 4.31 Å². The van der Waals surface area contributed by atoms with Crippen LogP contribution in [0.5, 0.6) is 5.75 Å². The maximum absolute atomic E-state index is 12.6. The molecule has 0 aliphatic heterocycles. The fourth-order valence-electron chi connectivity index (χ4n) is 2.07. The van der Waals surface area contributed by atoms with E-state index < -0.39 is 21.8 Å². The second-order valence-corrected chi connectivity index (χ2v) is 7.18. The monoisotopic (exact) mass is 359 g/mol. The molecule has 0 bridgehead atoms. The van der Waals surface area contributed by atoms with E-state index in [1.54, 1.807) is 24.3 Å². The Morgan fingerprint density at radius 2 is 1.54 bits per heavy atom. The number of halogens is 3. The highest BCUT2D eigenvalue weighted by Gasteiger charge is 2.31. The van der Waals surface area contributed by atoms with E-state index in [0.29, 0.717) is 5.75 Å². The predicted octanol–water partition coefficient (Wildman–Crippen LogP) is 3.53. The quantitative estimate of drug-likeness (QED) is 0.820. The summed E-state index contributed by atoms with van der Waals surface area (Å²) in [6.45, 7) is 0.0906. The lowest BCUT2D eigenvalue weighted by atomic mass is 10.2. The third-order valence-electron chi connectivity index (χ3n) is 3.45. The van der Waals surface area contributed by atoms with Crippen LogP contribution >= 0.6 is 0 Å². The Kier molecular flexibility index (Phi) is 5.19. The zero-order chi connectivity index (χ0) is 18.0. The van der Waals surface area contributed by atoms with E-state index in [-0.39, 0.29) is 11.4 Å². The molecule has 0 heterocycles. The van der Waals surface area contributed by atoms with Gasteiger partial charge in [-0.25, -0.2) is 8.42 Å². The predicted molar refractivity (Wildman–Crippen MR) is 83.1 cm³/mol. The summed E-state index contributed by atoms with van der Waals surface area (Å²) < 4.78 is 68.6. The number of methoxy groups -OCH3 is 1. The van der Waals surface area contributed by atoms with Gasteiger partial charge < -0.3 is 4.74 Å². The second-order valence-electron chi connectivity index (χ2n) is 5.13. The standard InChI is InChI=1S/C16H16F3NO3S/c1-20(11-12-3-7-14(23-2)8-4-12)24(21,22)15-9-5-13(6-10-15)16(17,18)19/h3-10H,11H2,1-2H3. The average molecular weight is 359 g/mol. The van der Waals surface area contributed by atoms with E-state index in [1.165, 1.54) is 14.2 Å². The Hall–Kier alpha value is -2.06. The van der Waals surface area contributed by atoms with Gasteiger partial charge in [-0.2, -0.15) is 17.5 Å². The van der Waals surface area contributed by atoms with E-state index in [4.69, 9.17) is 4.74 Å². The molecule has 0 saturated carbocycles. The molecule has 0 aromatic heterocycles. The number of hydrogen-bond donors (Lipinski definition) is 0. The van der Waals surface area contributed by atoms with Crippen LogP contribution < -0.4 is 4.74 Å². The van der Waals surface area contributed by atoms with Crippen LogP contribution in [0.4, 0.5) is 13.2 Å². The number of sulfonamides is 1. The molecule has 0 fully saturated rings. The van der Waals surface area contributed by atoms with Gasteiger partial charge in [0.25, 0.3) is 0 Å². The number of benzene rings is 2. The summed E-state index contributed by atoms with van der Waals surface area (Å²) in [5.41, 5.74) is -0.159. The van der Waals surface area contributed by atoms with Crippen molar-refractivity contribution in [3.8, 4) is 5.75 Å². The summed E-state index contributed by atoms with van der Waals surface area (Å²) in [6, 6.07) is 10.3. The highest BCUT2D eigenvalue weighted by molar-refractivity contribution is 7.89. The molecule has 0 saturated heterocycles. The van der Waals surface area contributed by atoms with Crippen molar-refractivity contribution in [2.75, 3.05) is 14.2 Å². The molecule has 0 aliphatic rings. The molecule has 130 valence electrons. The van der Waals surface area contributed by atoms with Gasteiger partial charge in [-0.1, -0.05) is 12.1 Å². The van der Waals surface area contributed by atoms with Crippen molar-refractivity contribution in [2.24, 2.45) is 0 Å². The van der Waals surface area contributed by atoms with Crippen LogP contribution in [0.3, 0.4) is 0 Å². The number of rotatable bonds is 5. The molecule has 0 radical (unpaired) electrons. The summed E-state index contributed by atoms with van der Waals surface area (Å²) >= 11 is 0. The highest BCUT2D eigenvalue weighted by atomic mass is 32.2. The normalized spacial score (nSPS) is 12.4. The minimum atomic E-state index is -4.50. The highest BCUT2D eigenvalue weighted by Crippen LogP contribution is 2.30. The number of ether oxygens (including phenoxy) is 1. The van der Waals surface area contributed by atoms with E-state index in [2.05, 4.69) is 0 Å². The van der Waals surface area contributed by atoms with Gasteiger partial charge in [-0.05, 0) is 42.0 Å². The molecule has 2 rings (SSSR count). The van der Waals surface area contributed by atoms with Gasteiger partial charge in [0.05, 0.1) is 17.6 Å². The van der Waals surface area contributed by atoms with E-state index in [1.807, 2.05) is 0 Å². The maximum atomic E-state index is 12.6. The fourth-order valence-corrected chi connectivity index (χ4v) is 3.23. The molecule has 4 nitrogen and oxygen atoms in total. The molecular weight excluding hydrogens is 343 g/mol. The molecule has 2 aromatic rings. The van der Waals surface area contributed by atoms with Crippen LogP contribution in [0.1, 0.15) is 11.1 Å². The lowest BCUT2D eigenvalue weighted by Gasteiger charge is -2.18. The first-order valence-corrected chi connectivity index (χ1v) is 8.35. The summed E-state index contributed by atoms with van der Waals surface area (Å²) in [7, 11) is -0.984. The molecule has 0 atom stereocenters. The number of alkyl halides is 3. The first-order valence-electron chi connectivity index (χ1n) is 6.91. The number of hydrogen-bond acceptors (Lipinski definition) is 3. The van der Waals surface area contributed by atoms with Crippen molar-refractivity contribution >= 4 is 10.0 Å². The topological polar surface area (TPSA) is 46.6 Å². The lowest BCUT2D eigenvalue weighted by Crippen LogP contribution is -2.26. The Balaban J connectivity index is 2.19. The van der Waals surface area contributed by atoms with Gasteiger partial charge in [-0.3, -0.25) is 0 Å². The minimum absolute atomic E-state index is 0.0906. The van der Waals surface area contributed by atoms with E-state index in [0.717, 1.165) is 34.1 Å². The largest absolute Gasteiger partial charge is 0.497 e. The maximum Gasteiger partial charge on any atom is 0.416 e. The van der Waals surface area contributed by atoms with Gasteiger partial charge in [0.15, 0.2) is 0 Å². The SMILES string of the molecule is COc1ccc(CN(C)S(=O)(=O)c2ccc(C(F)(F)F)cc2)cc1. The summed E-state index contributed by atoms with van der Waals surface area (Å²) in [5.74, 6) is 0.645. The van der Waals surface area contributed by atoms with E-state index >= 15 is 0 Å². The average Bonchev–Trinajstić information content (AvgIpc) is 2.54. The molecule has 0 spiro atoms. The van der Waals surface area contributed by atoms with Crippen LogP contribution in [0, 0.1) is 0 Å². The lowest BCUT2D eigenvalue weighted by molar-refractivity contribution is -0.137. The first kappa shape index (κ1) is 18.3.